The number of hydrogen-bond acceptors (Lipinski definition) is 3. The van der Waals surface area contributed by atoms with Crippen molar-refractivity contribution in [3.63, 3.8) is 0 Å². The fourth-order valence-electron chi connectivity index (χ4n) is 2.11. The Morgan fingerprint density at radius 1 is 1.07 bits per heavy atom. The van der Waals surface area contributed by atoms with Crippen LogP contribution in [0.2, 0.25) is 0 Å². The number of rotatable bonds is 8. The summed E-state index contributed by atoms with van der Waals surface area (Å²) in [6.07, 6.45) is 0. The van der Waals surface area contributed by atoms with Gasteiger partial charge in [-0.05, 0) is 29.8 Å². The zero-order chi connectivity index (χ0) is 19.5. The molecular weight excluding hydrogens is 363 g/mol. The number of aliphatic imine (C=N–C) groups is 1. The minimum atomic E-state index is -0.270. The van der Waals surface area contributed by atoms with E-state index in [0.29, 0.717) is 19.0 Å². The molecule has 0 saturated carbocycles. The van der Waals surface area contributed by atoms with Crippen molar-refractivity contribution in [2.75, 3.05) is 32.9 Å². The molecule has 144 valence electrons. The number of likely N-dealkylation sites (N-methyl/N-ethyl adjacent to an activating group) is 1. The highest BCUT2D eigenvalue weighted by molar-refractivity contribution is 7.99. The lowest BCUT2D eigenvalue weighted by molar-refractivity contribution is -0.127. The van der Waals surface area contributed by atoms with Crippen LogP contribution in [0.15, 0.2) is 64.5 Å². The maximum atomic E-state index is 13.0. The van der Waals surface area contributed by atoms with Crippen LogP contribution in [0, 0.1) is 5.82 Å². The minimum absolute atomic E-state index is 0.0371. The van der Waals surface area contributed by atoms with Gasteiger partial charge in [0.2, 0.25) is 5.91 Å². The largest absolute Gasteiger partial charge is 0.356 e. The van der Waals surface area contributed by atoms with Crippen molar-refractivity contribution in [3.8, 4) is 0 Å². The average Bonchev–Trinajstić information content (AvgIpc) is 2.68. The Morgan fingerprint density at radius 2 is 1.78 bits per heavy atom. The maximum absolute atomic E-state index is 13.0. The quantitative estimate of drug-likeness (QED) is 0.316. The summed E-state index contributed by atoms with van der Waals surface area (Å²) in [7, 11) is 3.42. The van der Waals surface area contributed by atoms with Gasteiger partial charge < -0.3 is 15.5 Å². The Labute approximate surface area is 164 Å². The number of guanidine groups is 1. The Balaban J connectivity index is 1.88. The summed E-state index contributed by atoms with van der Waals surface area (Å²) in [5, 5.41) is 6.28. The van der Waals surface area contributed by atoms with Crippen molar-refractivity contribution in [2.24, 2.45) is 4.99 Å². The third kappa shape index (κ3) is 8.13. The predicted molar refractivity (Wildman–Crippen MR) is 109 cm³/mol. The Morgan fingerprint density at radius 3 is 2.44 bits per heavy atom. The molecule has 0 radical (unpaired) electrons. The molecule has 7 heteroatoms. The summed E-state index contributed by atoms with van der Waals surface area (Å²) < 4.78 is 13.0. The van der Waals surface area contributed by atoms with E-state index in [9.17, 15) is 9.18 Å². The molecular formula is C20H25FN4OS. The van der Waals surface area contributed by atoms with E-state index in [-0.39, 0.29) is 18.3 Å². The van der Waals surface area contributed by atoms with E-state index < -0.39 is 0 Å². The van der Waals surface area contributed by atoms with Gasteiger partial charge in [0, 0.05) is 31.3 Å². The monoisotopic (exact) mass is 388 g/mol. The highest BCUT2D eigenvalue weighted by Gasteiger charge is 2.06. The molecule has 1 amide bonds. The number of carbonyl (C=O) groups excluding carboxylic acids is 1. The normalized spacial score (nSPS) is 11.1. The van der Waals surface area contributed by atoms with Crippen LogP contribution in [0.25, 0.3) is 0 Å². The van der Waals surface area contributed by atoms with Gasteiger partial charge in [0.25, 0.3) is 0 Å². The highest BCUT2D eigenvalue weighted by Crippen LogP contribution is 2.15. The van der Waals surface area contributed by atoms with E-state index in [1.54, 1.807) is 38.0 Å². The number of thioether (sulfide) groups is 1. The SMILES string of the molecule is CN(C)C(=O)CNC(=NCc1ccc(F)cc1)NCCSc1ccccc1. The number of nitrogens with zero attached hydrogens (tertiary/aromatic N) is 2. The number of amides is 1. The molecule has 0 aliphatic rings. The molecule has 0 bridgehead atoms. The molecule has 2 N–H and O–H groups in total. The number of hydrogen-bond donors (Lipinski definition) is 2. The third-order valence-electron chi connectivity index (χ3n) is 3.65. The molecule has 2 rings (SSSR count). The molecule has 2 aromatic carbocycles. The maximum Gasteiger partial charge on any atom is 0.241 e. The fraction of sp³-hybridized carbons (Fsp3) is 0.300. The van der Waals surface area contributed by atoms with Gasteiger partial charge in [-0.1, -0.05) is 30.3 Å². The summed E-state index contributed by atoms with van der Waals surface area (Å²) in [5.74, 6) is 1.12. The first-order valence-corrected chi connectivity index (χ1v) is 9.68. The van der Waals surface area contributed by atoms with Gasteiger partial charge in [0.05, 0.1) is 13.1 Å². The van der Waals surface area contributed by atoms with Crippen molar-refractivity contribution in [1.82, 2.24) is 15.5 Å². The first-order chi connectivity index (χ1) is 13.0. The van der Waals surface area contributed by atoms with Crippen molar-refractivity contribution >= 4 is 23.6 Å². The summed E-state index contributed by atoms with van der Waals surface area (Å²) >= 11 is 1.75. The van der Waals surface area contributed by atoms with E-state index in [1.165, 1.54) is 21.9 Å². The molecule has 0 aliphatic heterocycles. The lowest BCUT2D eigenvalue weighted by atomic mass is 10.2. The minimum Gasteiger partial charge on any atom is -0.356 e. The number of carbonyl (C=O) groups is 1. The van der Waals surface area contributed by atoms with Crippen LogP contribution in [0.4, 0.5) is 4.39 Å². The number of halogens is 1. The van der Waals surface area contributed by atoms with Crippen LogP contribution in [0.1, 0.15) is 5.56 Å². The molecule has 0 aliphatic carbocycles. The Hall–Kier alpha value is -2.54. The van der Waals surface area contributed by atoms with Crippen molar-refractivity contribution in [2.45, 2.75) is 11.4 Å². The van der Waals surface area contributed by atoms with Crippen molar-refractivity contribution in [3.05, 3.63) is 66.0 Å². The molecule has 0 unspecified atom stereocenters. The first kappa shape index (κ1) is 20.8. The lowest BCUT2D eigenvalue weighted by Gasteiger charge is -2.15. The van der Waals surface area contributed by atoms with E-state index in [4.69, 9.17) is 0 Å². The van der Waals surface area contributed by atoms with Crippen LogP contribution in [-0.4, -0.2) is 49.7 Å². The molecule has 0 fully saturated rings. The average molecular weight is 389 g/mol. The first-order valence-electron chi connectivity index (χ1n) is 8.69. The second-order valence-electron chi connectivity index (χ2n) is 6.02. The molecule has 27 heavy (non-hydrogen) atoms. The molecule has 0 aromatic heterocycles. The standard InChI is InChI=1S/C20H25FN4OS/c1-25(2)19(26)15-24-20(23-14-16-8-10-17(21)11-9-16)22-12-13-27-18-6-4-3-5-7-18/h3-11H,12-15H2,1-2H3,(H2,22,23,24). The number of benzene rings is 2. The zero-order valence-electron chi connectivity index (χ0n) is 15.6. The zero-order valence-corrected chi connectivity index (χ0v) is 16.4. The van der Waals surface area contributed by atoms with Gasteiger partial charge in [-0.3, -0.25) is 4.79 Å². The van der Waals surface area contributed by atoms with Crippen LogP contribution < -0.4 is 10.6 Å². The van der Waals surface area contributed by atoms with Gasteiger partial charge >= 0.3 is 0 Å². The van der Waals surface area contributed by atoms with Gasteiger partial charge in [-0.2, -0.15) is 0 Å². The molecule has 0 heterocycles. The van der Waals surface area contributed by atoms with Gasteiger partial charge in [-0.15, -0.1) is 11.8 Å². The van der Waals surface area contributed by atoms with Crippen LogP contribution in [-0.2, 0) is 11.3 Å². The van der Waals surface area contributed by atoms with Crippen molar-refractivity contribution in [1.29, 1.82) is 0 Å². The van der Waals surface area contributed by atoms with Crippen LogP contribution in [0.5, 0.6) is 0 Å². The molecule has 5 nitrogen and oxygen atoms in total. The van der Waals surface area contributed by atoms with Crippen molar-refractivity contribution < 1.29 is 9.18 Å². The van der Waals surface area contributed by atoms with E-state index in [2.05, 4.69) is 27.8 Å². The van der Waals surface area contributed by atoms with E-state index >= 15 is 0 Å². The second-order valence-corrected chi connectivity index (χ2v) is 7.19. The van der Waals surface area contributed by atoms with Crippen LogP contribution >= 0.6 is 11.8 Å². The molecule has 0 saturated heterocycles. The summed E-state index contributed by atoms with van der Waals surface area (Å²) in [6.45, 7) is 1.26. The smallest absolute Gasteiger partial charge is 0.241 e. The lowest BCUT2D eigenvalue weighted by Crippen LogP contribution is -2.43. The van der Waals surface area contributed by atoms with Gasteiger partial charge in [-0.25, -0.2) is 9.38 Å². The van der Waals surface area contributed by atoms with E-state index in [1.807, 2.05) is 18.2 Å². The second kappa shape index (κ2) is 11.2. The van der Waals surface area contributed by atoms with E-state index in [0.717, 1.165) is 11.3 Å². The molecule has 2 aromatic rings. The fourth-order valence-corrected chi connectivity index (χ4v) is 2.90. The Bertz CT molecular complexity index is 735. The molecule has 0 spiro atoms. The van der Waals surface area contributed by atoms with Gasteiger partial charge in [0.1, 0.15) is 5.82 Å². The third-order valence-corrected chi connectivity index (χ3v) is 4.66. The summed E-state index contributed by atoms with van der Waals surface area (Å²) in [4.78, 5) is 19.0. The van der Waals surface area contributed by atoms with Crippen LogP contribution in [0.3, 0.4) is 0 Å². The Kier molecular flexibility index (Phi) is 8.64. The topological polar surface area (TPSA) is 56.7 Å². The highest BCUT2D eigenvalue weighted by atomic mass is 32.2. The predicted octanol–water partition coefficient (Wildman–Crippen LogP) is 2.74. The summed E-state index contributed by atoms with van der Waals surface area (Å²) in [5.41, 5.74) is 0.898. The van der Waals surface area contributed by atoms with Gasteiger partial charge in [0.15, 0.2) is 5.96 Å². The summed E-state index contributed by atoms with van der Waals surface area (Å²) in [6, 6.07) is 16.4. The number of nitrogens with one attached hydrogen (secondary N) is 2. The molecule has 0 atom stereocenters.